The minimum atomic E-state index is 0.740. The average molecular weight is 264 g/mol. The summed E-state index contributed by atoms with van der Waals surface area (Å²) in [4.78, 5) is 4.33. The van der Waals surface area contributed by atoms with Crippen LogP contribution in [0.4, 0.5) is 5.69 Å². The number of anilines is 1. The summed E-state index contributed by atoms with van der Waals surface area (Å²) in [5, 5.41) is 0.994. The second-order valence-corrected chi connectivity index (χ2v) is 4.90. The van der Waals surface area contributed by atoms with E-state index in [4.69, 9.17) is 10.5 Å². The summed E-state index contributed by atoms with van der Waals surface area (Å²) >= 11 is 0. The number of aromatic nitrogens is 1. The smallest absolute Gasteiger partial charge is 0.138 e. The van der Waals surface area contributed by atoms with Gasteiger partial charge in [0.05, 0.1) is 5.52 Å². The van der Waals surface area contributed by atoms with Gasteiger partial charge in [-0.3, -0.25) is 4.98 Å². The minimum absolute atomic E-state index is 0.740. The van der Waals surface area contributed by atoms with E-state index in [0.717, 1.165) is 39.2 Å². The van der Waals surface area contributed by atoms with Gasteiger partial charge in [0.15, 0.2) is 0 Å². The standard InChI is InChI=1S/C17H16N2O/c1-11-9-12(2)17(10-14(11)18)20-16-7-8-19-15-6-4-3-5-13(15)16/h3-10H,18H2,1-2H3. The summed E-state index contributed by atoms with van der Waals surface area (Å²) in [6.45, 7) is 4.01. The summed E-state index contributed by atoms with van der Waals surface area (Å²) in [5.41, 5.74) is 9.75. The van der Waals surface area contributed by atoms with Gasteiger partial charge in [-0.25, -0.2) is 0 Å². The molecule has 0 saturated carbocycles. The van der Waals surface area contributed by atoms with Gasteiger partial charge in [0, 0.05) is 23.3 Å². The first-order valence-electron chi connectivity index (χ1n) is 6.53. The van der Waals surface area contributed by atoms with Crippen LogP contribution in [-0.4, -0.2) is 4.98 Å². The van der Waals surface area contributed by atoms with Crippen LogP contribution < -0.4 is 10.5 Å². The molecule has 1 aromatic heterocycles. The van der Waals surface area contributed by atoms with Crippen molar-refractivity contribution < 1.29 is 4.74 Å². The van der Waals surface area contributed by atoms with Crippen molar-refractivity contribution in [1.29, 1.82) is 0 Å². The maximum atomic E-state index is 6.04. The maximum absolute atomic E-state index is 6.04. The van der Waals surface area contributed by atoms with Gasteiger partial charge in [-0.1, -0.05) is 18.2 Å². The number of nitrogens with zero attached hydrogens (tertiary/aromatic N) is 1. The molecule has 20 heavy (non-hydrogen) atoms. The Labute approximate surface area is 118 Å². The number of para-hydroxylation sites is 1. The van der Waals surface area contributed by atoms with Crippen molar-refractivity contribution in [3.63, 3.8) is 0 Å². The Kier molecular flexibility index (Phi) is 3.03. The molecule has 1 heterocycles. The number of aryl methyl sites for hydroxylation is 2. The molecule has 3 aromatic rings. The molecule has 0 atom stereocenters. The molecule has 0 radical (unpaired) electrons. The third-order valence-corrected chi connectivity index (χ3v) is 3.39. The lowest BCUT2D eigenvalue weighted by molar-refractivity contribution is 0.484. The molecule has 100 valence electrons. The number of rotatable bonds is 2. The maximum Gasteiger partial charge on any atom is 0.138 e. The van der Waals surface area contributed by atoms with E-state index in [1.165, 1.54) is 0 Å². The molecule has 0 unspecified atom stereocenters. The van der Waals surface area contributed by atoms with Gasteiger partial charge in [0.2, 0.25) is 0 Å². The highest BCUT2D eigenvalue weighted by Gasteiger charge is 2.07. The fourth-order valence-electron chi connectivity index (χ4n) is 2.24. The van der Waals surface area contributed by atoms with Crippen LogP contribution in [0.2, 0.25) is 0 Å². The number of fused-ring (bicyclic) bond motifs is 1. The van der Waals surface area contributed by atoms with Gasteiger partial charge in [-0.2, -0.15) is 0 Å². The van der Waals surface area contributed by atoms with Crippen LogP contribution in [0.5, 0.6) is 11.5 Å². The summed E-state index contributed by atoms with van der Waals surface area (Å²) in [5.74, 6) is 1.58. The highest BCUT2D eigenvalue weighted by molar-refractivity contribution is 5.85. The highest BCUT2D eigenvalue weighted by Crippen LogP contribution is 2.32. The average Bonchev–Trinajstić information content (AvgIpc) is 2.45. The second kappa shape index (κ2) is 4.85. The molecule has 2 N–H and O–H groups in total. The van der Waals surface area contributed by atoms with Crippen molar-refractivity contribution in [2.24, 2.45) is 0 Å². The van der Waals surface area contributed by atoms with Gasteiger partial charge in [0.1, 0.15) is 11.5 Å². The lowest BCUT2D eigenvalue weighted by atomic mass is 10.1. The number of pyridine rings is 1. The predicted molar refractivity (Wildman–Crippen MR) is 82.1 cm³/mol. The molecular weight excluding hydrogens is 248 g/mol. The molecule has 3 heteroatoms. The van der Waals surface area contributed by atoms with E-state index >= 15 is 0 Å². The Morgan fingerprint density at radius 2 is 1.75 bits per heavy atom. The zero-order valence-corrected chi connectivity index (χ0v) is 11.6. The van der Waals surface area contributed by atoms with Gasteiger partial charge in [-0.05, 0) is 43.2 Å². The number of hydrogen-bond acceptors (Lipinski definition) is 3. The Morgan fingerprint density at radius 3 is 2.60 bits per heavy atom. The topological polar surface area (TPSA) is 48.1 Å². The van der Waals surface area contributed by atoms with Gasteiger partial charge >= 0.3 is 0 Å². The fourth-order valence-corrected chi connectivity index (χ4v) is 2.24. The van der Waals surface area contributed by atoms with E-state index < -0.39 is 0 Å². The third-order valence-electron chi connectivity index (χ3n) is 3.39. The summed E-state index contributed by atoms with van der Waals surface area (Å²) in [6, 6.07) is 13.7. The molecule has 0 saturated heterocycles. The van der Waals surface area contributed by atoms with E-state index in [9.17, 15) is 0 Å². The molecule has 0 fully saturated rings. The summed E-state index contributed by atoms with van der Waals surface area (Å²) in [6.07, 6.45) is 1.75. The van der Waals surface area contributed by atoms with E-state index in [0.29, 0.717) is 0 Å². The largest absolute Gasteiger partial charge is 0.456 e. The molecule has 0 amide bonds. The Hall–Kier alpha value is -2.55. The van der Waals surface area contributed by atoms with Crippen molar-refractivity contribution in [2.45, 2.75) is 13.8 Å². The molecule has 0 aliphatic rings. The van der Waals surface area contributed by atoms with E-state index in [-0.39, 0.29) is 0 Å². The van der Waals surface area contributed by atoms with Crippen LogP contribution in [0.25, 0.3) is 10.9 Å². The summed E-state index contributed by atoms with van der Waals surface area (Å²) < 4.78 is 6.04. The second-order valence-electron chi connectivity index (χ2n) is 4.90. The van der Waals surface area contributed by atoms with Gasteiger partial charge in [-0.15, -0.1) is 0 Å². The van der Waals surface area contributed by atoms with Crippen LogP contribution >= 0.6 is 0 Å². The molecule has 0 spiro atoms. The van der Waals surface area contributed by atoms with Crippen molar-refractivity contribution in [3.05, 3.63) is 59.8 Å². The lowest BCUT2D eigenvalue weighted by Crippen LogP contribution is -1.95. The zero-order valence-electron chi connectivity index (χ0n) is 11.6. The van der Waals surface area contributed by atoms with E-state index in [1.807, 2.05) is 56.3 Å². The zero-order chi connectivity index (χ0) is 14.1. The van der Waals surface area contributed by atoms with E-state index in [2.05, 4.69) is 4.98 Å². The molecule has 3 rings (SSSR count). The van der Waals surface area contributed by atoms with Crippen molar-refractivity contribution in [2.75, 3.05) is 5.73 Å². The monoisotopic (exact) mass is 264 g/mol. The number of benzene rings is 2. The third kappa shape index (κ3) is 2.18. The Morgan fingerprint density at radius 1 is 0.950 bits per heavy atom. The fraction of sp³-hybridized carbons (Fsp3) is 0.118. The van der Waals surface area contributed by atoms with Crippen molar-refractivity contribution in [3.8, 4) is 11.5 Å². The highest BCUT2D eigenvalue weighted by atomic mass is 16.5. The molecule has 0 aliphatic heterocycles. The van der Waals surface area contributed by atoms with E-state index in [1.54, 1.807) is 6.20 Å². The first-order valence-corrected chi connectivity index (χ1v) is 6.53. The molecule has 0 aliphatic carbocycles. The number of hydrogen-bond donors (Lipinski definition) is 1. The quantitative estimate of drug-likeness (QED) is 0.705. The lowest BCUT2D eigenvalue weighted by Gasteiger charge is -2.12. The molecule has 0 bridgehead atoms. The van der Waals surface area contributed by atoms with Crippen LogP contribution in [0.15, 0.2) is 48.7 Å². The van der Waals surface area contributed by atoms with Crippen molar-refractivity contribution in [1.82, 2.24) is 4.98 Å². The first-order chi connectivity index (χ1) is 9.65. The normalized spacial score (nSPS) is 10.7. The van der Waals surface area contributed by atoms with Crippen LogP contribution in [0.1, 0.15) is 11.1 Å². The first kappa shape index (κ1) is 12.5. The van der Waals surface area contributed by atoms with Gasteiger partial charge < -0.3 is 10.5 Å². The number of nitrogen functional groups attached to an aromatic ring is 1. The predicted octanol–water partition coefficient (Wildman–Crippen LogP) is 4.23. The summed E-state index contributed by atoms with van der Waals surface area (Å²) in [7, 11) is 0. The van der Waals surface area contributed by atoms with Gasteiger partial charge in [0.25, 0.3) is 0 Å². The van der Waals surface area contributed by atoms with Crippen LogP contribution in [0.3, 0.4) is 0 Å². The molecule has 2 aromatic carbocycles. The number of nitrogens with two attached hydrogens (primary N) is 1. The minimum Gasteiger partial charge on any atom is -0.456 e. The number of ether oxygens (including phenoxy) is 1. The molecular formula is C17H16N2O. The van der Waals surface area contributed by atoms with Crippen LogP contribution in [-0.2, 0) is 0 Å². The SMILES string of the molecule is Cc1cc(C)c(Oc2ccnc3ccccc23)cc1N. The van der Waals surface area contributed by atoms with Crippen molar-refractivity contribution >= 4 is 16.6 Å². The Balaban J connectivity index is 2.08. The van der Waals surface area contributed by atoms with Crippen LogP contribution in [0, 0.1) is 13.8 Å². The Bertz CT molecular complexity index is 776. The molecule has 3 nitrogen and oxygen atoms in total.